The van der Waals surface area contributed by atoms with Crippen LogP contribution < -0.4 is 20.3 Å². The Morgan fingerprint density at radius 3 is 2.43 bits per heavy atom. The van der Waals surface area contributed by atoms with Gasteiger partial charge < -0.3 is 25.2 Å². The summed E-state index contributed by atoms with van der Waals surface area (Å²) in [6.45, 7) is 6.88. The Hall–Kier alpha value is -4.21. The van der Waals surface area contributed by atoms with E-state index in [0.29, 0.717) is 49.4 Å². The molecule has 182 valence electrons. The molecule has 3 aromatic rings. The van der Waals surface area contributed by atoms with Crippen LogP contribution in [-0.2, 0) is 4.79 Å². The van der Waals surface area contributed by atoms with E-state index in [4.69, 9.17) is 4.74 Å². The largest absolute Gasteiger partial charge is 0.439 e. The van der Waals surface area contributed by atoms with Crippen molar-refractivity contribution in [1.29, 1.82) is 0 Å². The molecule has 0 radical (unpaired) electrons. The number of ether oxygens (including phenoxy) is 1. The number of nitrogens with zero attached hydrogens (tertiary/aromatic N) is 5. The third kappa shape index (κ3) is 6.66. The Bertz CT molecular complexity index is 1150. The average molecular weight is 476 g/mol. The zero-order valence-electron chi connectivity index (χ0n) is 19.9. The molecule has 1 fully saturated rings. The number of carbonyl (C=O) groups excluding carboxylic acids is 2. The van der Waals surface area contributed by atoms with Gasteiger partial charge in [-0.2, -0.15) is 0 Å². The molecule has 3 amide bonds. The van der Waals surface area contributed by atoms with E-state index in [2.05, 4.69) is 30.5 Å². The van der Waals surface area contributed by atoms with E-state index in [9.17, 15) is 9.59 Å². The van der Waals surface area contributed by atoms with Crippen LogP contribution in [0.3, 0.4) is 0 Å². The minimum atomic E-state index is -0.395. The van der Waals surface area contributed by atoms with Crippen LogP contribution >= 0.6 is 0 Å². The fraction of sp³-hybridized carbons (Fsp3) is 0.320. The molecule has 1 aliphatic rings. The summed E-state index contributed by atoms with van der Waals surface area (Å²) in [5, 5.41) is 5.43. The Labute approximate surface area is 204 Å². The van der Waals surface area contributed by atoms with Gasteiger partial charge in [0.15, 0.2) is 0 Å². The van der Waals surface area contributed by atoms with E-state index < -0.39 is 6.03 Å². The summed E-state index contributed by atoms with van der Waals surface area (Å²) in [6, 6.07) is 10.6. The highest BCUT2D eigenvalue weighted by Gasteiger charge is 2.22. The lowest BCUT2D eigenvalue weighted by molar-refractivity contribution is -0.131. The first-order valence-corrected chi connectivity index (χ1v) is 11.5. The van der Waals surface area contributed by atoms with Crippen LogP contribution in [0.2, 0.25) is 0 Å². The molecule has 2 N–H and O–H groups in total. The normalized spacial score (nSPS) is 13.3. The van der Waals surface area contributed by atoms with Gasteiger partial charge in [0.2, 0.25) is 17.7 Å². The summed E-state index contributed by atoms with van der Waals surface area (Å²) >= 11 is 0. The van der Waals surface area contributed by atoms with E-state index in [1.54, 1.807) is 35.5 Å². The molecule has 1 saturated heterocycles. The number of anilines is 2. The van der Waals surface area contributed by atoms with Gasteiger partial charge in [0.1, 0.15) is 5.75 Å². The summed E-state index contributed by atoms with van der Waals surface area (Å²) in [4.78, 5) is 41.3. The van der Waals surface area contributed by atoms with E-state index in [0.717, 1.165) is 5.56 Å². The predicted molar refractivity (Wildman–Crippen MR) is 133 cm³/mol. The Kier molecular flexibility index (Phi) is 7.71. The van der Waals surface area contributed by atoms with Gasteiger partial charge in [0.05, 0.1) is 11.9 Å². The van der Waals surface area contributed by atoms with Crippen molar-refractivity contribution in [3.05, 3.63) is 66.1 Å². The summed E-state index contributed by atoms with van der Waals surface area (Å²) in [5.74, 6) is 1.83. The Morgan fingerprint density at radius 1 is 0.971 bits per heavy atom. The first kappa shape index (κ1) is 23.9. The number of hydrogen-bond donors (Lipinski definition) is 2. The summed E-state index contributed by atoms with van der Waals surface area (Å²) in [7, 11) is 0. The predicted octanol–water partition coefficient (Wildman–Crippen LogP) is 3.14. The molecule has 35 heavy (non-hydrogen) atoms. The van der Waals surface area contributed by atoms with Gasteiger partial charge >= 0.3 is 6.03 Å². The van der Waals surface area contributed by atoms with Crippen LogP contribution in [0.1, 0.15) is 17.5 Å². The number of hydrogen-bond acceptors (Lipinski definition) is 7. The van der Waals surface area contributed by atoms with Crippen LogP contribution in [0.4, 0.5) is 16.4 Å². The average Bonchev–Trinajstić information content (AvgIpc) is 2.88. The Morgan fingerprint density at radius 2 is 1.74 bits per heavy atom. The van der Waals surface area contributed by atoms with Crippen molar-refractivity contribution in [1.82, 2.24) is 25.2 Å². The second-order valence-electron chi connectivity index (χ2n) is 8.28. The number of pyridine rings is 1. The van der Waals surface area contributed by atoms with Gasteiger partial charge in [0, 0.05) is 57.6 Å². The van der Waals surface area contributed by atoms with Crippen molar-refractivity contribution in [2.45, 2.75) is 20.3 Å². The van der Waals surface area contributed by atoms with Crippen molar-refractivity contribution < 1.29 is 14.3 Å². The van der Waals surface area contributed by atoms with Gasteiger partial charge in [0.25, 0.3) is 0 Å². The smallest absolute Gasteiger partial charge is 0.319 e. The molecular weight excluding hydrogens is 446 g/mol. The molecular formula is C25H29N7O3. The number of aryl methyl sites for hydroxylation is 2. The summed E-state index contributed by atoms with van der Waals surface area (Å²) in [6.07, 6.45) is 5.18. The van der Waals surface area contributed by atoms with E-state index in [1.165, 1.54) is 11.8 Å². The molecule has 0 aliphatic carbocycles. The molecule has 0 bridgehead atoms. The molecule has 0 atom stereocenters. The molecule has 0 saturated carbocycles. The van der Waals surface area contributed by atoms with Crippen LogP contribution in [0.15, 0.2) is 55.0 Å². The van der Waals surface area contributed by atoms with E-state index in [1.807, 2.05) is 32.0 Å². The van der Waals surface area contributed by atoms with Gasteiger partial charge in [-0.3, -0.25) is 4.79 Å². The molecule has 1 aliphatic heterocycles. The topological polar surface area (TPSA) is 113 Å². The summed E-state index contributed by atoms with van der Waals surface area (Å²) in [5.41, 5.74) is 2.86. The maximum atomic E-state index is 12.5. The maximum absolute atomic E-state index is 12.5. The third-order valence-electron chi connectivity index (χ3n) is 5.79. The van der Waals surface area contributed by atoms with Crippen molar-refractivity contribution in [2.24, 2.45) is 0 Å². The van der Waals surface area contributed by atoms with Crippen molar-refractivity contribution in [3.63, 3.8) is 0 Å². The van der Waals surface area contributed by atoms with Crippen LogP contribution in [0.25, 0.3) is 0 Å². The highest BCUT2D eigenvalue weighted by atomic mass is 16.5. The second kappa shape index (κ2) is 11.3. The van der Waals surface area contributed by atoms with Crippen LogP contribution in [0, 0.1) is 13.8 Å². The highest BCUT2D eigenvalue weighted by Crippen LogP contribution is 2.23. The molecule has 0 unspecified atom stereocenters. The maximum Gasteiger partial charge on any atom is 0.319 e. The number of amides is 3. The number of piperazine rings is 1. The van der Waals surface area contributed by atoms with Gasteiger partial charge in [-0.1, -0.05) is 6.07 Å². The number of aromatic nitrogens is 3. The number of nitrogens with one attached hydrogen (secondary N) is 2. The molecule has 0 spiro atoms. The standard InChI is InChI=1S/C25H29N7O3/c1-18-4-6-21(16-19(18)2)35-22-7-5-20(17-29-22)30-25(34)28-11-8-23(33)31-12-14-32(15-13-31)24-26-9-3-10-27-24/h3-7,9-10,16-17H,8,11-15H2,1-2H3,(H2,28,30,34). The van der Waals surface area contributed by atoms with Crippen molar-refractivity contribution >= 4 is 23.6 Å². The zero-order valence-corrected chi connectivity index (χ0v) is 19.9. The zero-order chi connectivity index (χ0) is 24.6. The number of benzene rings is 1. The fourth-order valence-corrected chi connectivity index (χ4v) is 3.64. The monoisotopic (exact) mass is 475 g/mol. The minimum Gasteiger partial charge on any atom is -0.439 e. The molecule has 4 rings (SSSR count). The van der Waals surface area contributed by atoms with Gasteiger partial charge in [-0.25, -0.2) is 19.7 Å². The van der Waals surface area contributed by atoms with Crippen LogP contribution in [-0.4, -0.2) is 64.5 Å². The fourth-order valence-electron chi connectivity index (χ4n) is 3.64. The van der Waals surface area contributed by atoms with E-state index in [-0.39, 0.29) is 18.9 Å². The summed E-state index contributed by atoms with van der Waals surface area (Å²) < 4.78 is 5.76. The number of rotatable bonds is 7. The second-order valence-corrected chi connectivity index (χ2v) is 8.28. The molecule has 1 aromatic carbocycles. The van der Waals surface area contributed by atoms with Crippen molar-refractivity contribution in [2.75, 3.05) is 42.9 Å². The van der Waals surface area contributed by atoms with Gasteiger partial charge in [-0.15, -0.1) is 0 Å². The Balaban J connectivity index is 1.16. The van der Waals surface area contributed by atoms with E-state index >= 15 is 0 Å². The highest BCUT2D eigenvalue weighted by molar-refractivity contribution is 5.89. The first-order valence-electron chi connectivity index (χ1n) is 11.5. The third-order valence-corrected chi connectivity index (χ3v) is 5.79. The molecule has 3 heterocycles. The molecule has 10 nitrogen and oxygen atoms in total. The number of urea groups is 1. The van der Waals surface area contributed by atoms with Crippen LogP contribution in [0.5, 0.6) is 11.6 Å². The quantitative estimate of drug-likeness (QED) is 0.540. The first-order chi connectivity index (χ1) is 17.0. The van der Waals surface area contributed by atoms with Crippen molar-refractivity contribution in [3.8, 4) is 11.6 Å². The lowest BCUT2D eigenvalue weighted by atomic mass is 10.1. The lowest BCUT2D eigenvalue weighted by Gasteiger charge is -2.34. The number of carbonyl (C=O) groups is 2. The SMILES string of the molecule is Cc1ccc(Oc2ccc(NC(=O)NCCC(=O)N3CCN(c4ncccn4)CC3)cn2)cc1C. The molecule has 10 heteroatoms. The lowest BCUT2D eigenvalue weighted by Crippen LogP contribution is -2.49. The molecule has 2 aromatic heterocycles. The van der Waals surface area contributed by atoms with Gasteiger partial charge in [-0.05, 0) is 49.2 Å². The minimum absolute atomic E-state index is 0.00782.